The van der Waals surface area contributed by atoms with E-state index in [0.29, 0.717) is 6.54 Å². The van der Waals surface area contributed by atoms with E-state index in [1.165, 1.54) is 11.1 Å². The van der Waals surface area contributed by atoms with Gasteiger partial charge in [-0.25, -0.2) is 0 Å². The second-order valence-electron chi connectivity index (χ2n) is 6.13. The number of carbonyl (C=O) groups is 1. The number of nitrogens with one attached hydrogen (secondary N) is 1. The van der Waals surface area contributed by atoms with Crippen LogP contribution in [0, 0.1) is 0 Å². The molecule has 1 amide bonds. The average molecular weight is 320 g/mol. The van der Waals surface area contributed by atoms with Gasteiger partial charge in [0.2, 0.25) is 5.91 Å². The standard InChI is InChI=1S/C18H28N2O3/c1-5-13(2)19-18(21)12-20-8-6-14-10-16(22-3)17(23-4)11-15(14)7-9-20/h10-11,13H,5-9,12H2,1-4H3,(H,19,21)/t13-/m1/s1. The second-order valence-corrected chi connectivity index (χ2v) is 6.13. The fraction of sp³-hybridized carbons (Fsp3) is 0.611. The van der Waals surface area contributed by atoms with Gasteiger partial charge in [-0.2, -0.15) is 0 Å². The topological polar surface area (TPSA) is 50.8 Å². The number of fused-ring (bicyclic) bond motifs is 1. The first kappa shape index (κ1) is 17.6. The van der Waals surface area contributed by atoms with Gasteiger partial charge in [-0.1, -0.05) is 6.92 Å². The largest absolute Gasteiger partial charge is 0.493 e. The molecule has 0 spiro atoms. The van der Waals surface area contributed by atoms with Crippen molar-refractivity contribution in [3.8, 4) is 11.5 Å². The molecule has 5 nitrogen and oxygen atoms in total. The van der Waals surface area contributed by atoms with E-state index in [4.69, 9.17) is 9.47 Å². The number of methoxy groups -OCH3 is 2. The minimum Gasteiger partial charge on any atom is -0.493 e. The van der Waals surface area contributed by atoms with Crippen molar-refractivity contribution in [2.75, 3.05) is 33.9 Å². The Hall–Kier alpha value is -1.75. The van der Waals surface area contributed by atoms with Crippen molar-refractivity contribution >= 4 is 5.91 Å². The van der Waals surface area contributed by atoms with E-state index in [0.717, 1.165) is 43.9 Å². The van der Waals surface area contributed by atoms with E-state index in [9.17, 15) is 4.79 Å². The second kappa shape index (κ2) is 8.20. The molecule has 0 saturated heterocycles. The Morgan fingerprint density at radius 1 is 1.17 bits per heavy atom. The van der Waals surface area contributed by atoms with E-state index >= 15 is 0 Å². The molecule has 0 aliphatic carbocycles. The number of hydrogen-bond donors (Lipinski definition) is 1. The van der Waals surface area contributed by atoms with Crippen molar-refractivity contribution < 1.29 is 14.3 Å². The van der Waals surface area contributed by atoms with Gasteiger partial charge in [0.15, 0.2) is 11.5 Å². The van der Waals surface area contributed by atoms with Gasteiger partial charge in [0, 0.05) is 19.1 Å². The number of ether oxygens (including phenoxy) is 2. The highest BCUT2D eigenvalue weighted by atomic mass is 16.5. The Kier molecular flexibility index (Phi) is 6.28. The molecule has 1 aliphatic rings. The van der Waals surface area contributed by atoms with Gasteiger partial charge in [-0.15, -0.1) is 0 Å². The minimum atomic E-state index is 0.112. The van der Waals surface area contributed by atoms with Crippen LogP contribution in [0.1, 0.15) is 31.4 Å². The molecule has 1 aliphatic heterocycles. The predicted molar refractivity (Wildman–Crippen MR) is 91.3 cm³/mol. The highest BCUT2D eigenvalue weighted by Crippen LogP contribution is 2.32. The zero-order chi connectivity index (χ0) is 16.8. The van der Waals surface area contributed by atoms with Crippen molar-refractivity contribution in [2.24, 2.45) is 0 Å². The lowest BCUT2D eigenvalue weighted by Crippen LogP contribution is -2.41. The first-order valence-corrected chi connectivity index (χ1v) is 8.32. The van der Waals surface area contributed by atoms with Gasteiger partial charge < -0.3 is 14.8 Å². The van der Waals surface area contributed by atoms with Crippen LogP contribution in [0.2, 0.25) is 0 Å². The molecule has 0 saturated carbocycles. The Bertz CT molecular complexity index is 510. The fourth-order valence-corrected chi connectivity index (χ4v) is 2.88. The van der Waals surface area contributed by atoms with Gasteiger partial charge in [-0.05, 0) is 49.4 Å². The molecule has 23 heavy (non-hydrogen) atoms. The van der Waals surface area contributed by atoms with Crippen LogP contribution in [0.5, 0.6) is 11.5 Å². The summed E-state index contributed by atoms with van der Waals surface area (Å²) in [6.07, 6.45) is 2.80. The summed E-state index contributed by atoms with van der Waals surface area (Å²) in [5.74, 6) is 1.66. The molecular weight excluding hydrogens is 292 g/mol. The fourth-order valence-electron chi connectivity index (χ4n) is 2.88. The maximum atomic E-state index is 12.1. The maximum absolute atomic E-state index is 12.1. The third-order valence-electron chi connectivity index (χ3n) is 4.49. The summed E-state index contributed by atoms with van der Waals surface area (Å²) in [6.45, 7) is 6.35. The van der Waals surface area contributed by atoms with Crippen LogP contribution in [0.15, 0.2) is 12.1 Å². The summed E-state index contributed by atoms with van der Waals surface area (Å²) in [5, 5.41) is 3.03. The first-order chi connectivity index (χ1) is 11.1. The van der Waals surface area contributed by atoms with Gasteiger partial charge in [-0.3, -0.25) is 9.69 Å². The van der Waals surface area contributed by atoms with Crippen molar-refractivity contribution in [1.82, 2.24) is 10.2 Å². The Morgan fingerprint density at radius 3 is 2.13 bits per heavy atom. The number of nitrogens with zero attached hydrogens (tertiary/aromatic N) is 1. The van der Waals surface area contributed by atoms with Crippen molar-refractivity contribution in [3.05, 3.63) is 23.3 Å². The maximum Gasteiger partial charge on any atom is 0.234 e. The van der Waals surface area contributed by atoms with Crippen LogP contribution >= 0.6 is 0 Å². The lowest BCUT2D eigenvalue weighted by molar-refractivity contribution is -0.122. The number of amides is 1. The monoisotopic (exact) mass is 320 g/mol. The normalized spacial score (nSPS) is 16.2. The SMILES string of the molecule is CC[C@@H](C)NC(=O)CN1CCc2cc(OC)c(OC)cc2CC1. The third-order valence-corrected chi connectivity index (χ3v) is 4.49. The molecule has 1 atom stereocenters. The number of carbonyl (C=O) groups excluding carboxylic acids is 1. The summed E-state index contributed by atoms with van der Waals surface area (Å²) < 4.78 is 10.8. The third kappa shape index (κ3) is 4.61. The highest BCUT2D eigenvalue weighted by Gasteiger charge is 2.19. The number of rotatable bonds is 6. The molecule has 1 heterocycles. The summed E-state index contributed by atoms with van der Waals surface area (Å²) in [5.41, 5.74) is 2.57. The summed E-state index contributed by atoms with van der Waals surface area (Å²) in [4.78, 5) is 14.3. The summed E-state index contributed by atoms with van der Waals surface area (Å²) in [7, 11) is 3.32. The first-order valence-electron chi connectivity index (χ1n) is 8.32. The molecular formula is C18H28N2O3. The van der Waals surface area contributed by atoms with Crippen LogP contribution in [-0.4, -0.2) is 50.7 Å². The van der Waals surface area contributed by atoms with Gasteiger partial charge in [0.1, 0.15) is 0 Å². The molecule has 0 radical (unpaired) electrons. The molecule has 0 aromatic heterocycles. The van der Waals surface area contributed by atoms with Crippen LogP contribution in [0.3, 0.4) is 0 Å². The zero-order valence-corrected chi connectivity index (χ0v) is 14.6. The molecule has 2 rings (SSSR count). The van der Waals surface area contributed by atoms with E-state index in [-0.39, 0.29) is 11.9 Å². The van der Waals surface area contributed by atoms with Crippen molar-refractivity contribution in [1.29, 1.82) is 0 Å². The lowest BCUT2D eigenvalue weighted by atomic mass is 10.0. The van der Waals surface area contributed by atoms with Crippen molar-refractivity contribution in [3.63, 3.8) is 0 Å². The van der Waals surface area contributed by atoms with Crippen LogP contribution in [-0.2, 0) is 17.6 Å². The smallest absolute Gasteiger partial charge is 0.234 e. The lowest BCUT2D eigenvalue weighted by Gasteiger charge is -2.20. The van der Waals surface area contributed by atoms with E-state index in [2.05, 4.69) is 29.3 Å². The van der Waals surface area contributed by atoms with Crippen molar-refractivity contribution in [2.45, 2.75) is 39.2 Å². The number of benzene rings is 1. The van der Waals surface area contributed by atoms with E-state index in [1.54, 1.807) is 14.2 Å². The Balaban J connectivity index is 2.01. The van der Waals surface area contributed by atoms with Gasteiger partial charge in [0.05, 0.1) is 20.8 Å². The van der Waals surface area contributed by atoms with Crippen LogP contribution < -0.4 is 14.8 Å². The van der Waals surface area contributed by atoms with Crippen LogP contribution in [0.4, 0.5) is 0 Å². The molecule has 128 valence electrons. The molecule has 1 aromatic rings. The quantitative estimate of drug-likeness (QED) is 0.871. The Labute approximate surface area is 139 Å². The van der Waals surface area contributed by atoms with Gasteiger partial charge in [0.25, 0.3) is 0 Å². The predicted octanol–water partition coefficient (Wildman–Crippen LogP) is 2.02. The molecule has 0 bridgehead atoms. The van der Waals surface area contributed by atoms with Crippen LogP contribution in [0.25, 0.3) is 0 Å². The molecule has 1 N–H and O–H groups in total. The molecule has 0 fully saturated rings. The molecule has 5 heteroatoms. The van der Waals surface area contributed by atoms with E-state index in [1.807, 2.05) is 6.92 Å². The van der Waals surface area contributed by atoms with Gasteiger partial charge >= 0.3 is 0 Å². The summed E-state index contributed by atoms with van der Waals surface area (Å²) >= 11 is 0. The highest BCUT2D eigenvalue weighted by molar-refractivity contribution is 5.78. The molecule has 0 unspecified atom stereocenters. The van der Waals surface area contributed by atoms with E-state index < -0.39 is 0 Å². The number of hydrogen-bond acceptors (Lipinski definition) is 4. The minimum absolute atomic E-state index is 0.112. The zero-order valence-electron chi connectivity index (χ0n) is 14.6. The average Bonchev–Trinajstić information content (AvgIpc) is 2.75. The summed E-state index contributed by atoms with van der Waals surface area (Å²) in [6, 6.07) is 4.37. The molecule has 1 aromatic carbocycles. The Morgan fingerprint density at radius 2 is 1.70 bits per heavy atom.